The smallest absolute Gasteiger partial charge is 0.528 e. The zero-order valence-corrected chi connectivity index (χ0v) is 62.6. The van der Waals surface area contributed by atoms with Gasteiger partial charge in [0.05, 0.1) is 64.2 Å². The molecule has 105 heavy (non-hydrogen) atoms. The van der Waals surface area contributed by atoms with Crippen molar-refractivity contribution in [2.24, 2.45) is 0 Å². The number of nitriles is 3. The Bertz CT molecular complexity index is 4590. The van der Waals surface area contributed by atoms with Crippen LogP contribution in [0.4, 0.5) is 17.5 Å². The molecule has 12 heterocycles. The molecule has 3 fully saturated rings. The topological polar surface area (TPSA) is 354 Å². The van der Waals surface area contributed by atoms with Gasteiger partial charge in [-0.1, -0.05) is 38.6 Å². The number of nitrogens with zero attached hydrogens (tertiary/aromatic N) is 17. The van der Waals surface area contributed by atoms with E-state index in [9.17, 15) is 40.4 Å². The number of fused-ring (bicyclic) bond motifs is 3. The first-order valence-corrected chi connectivity index (χ1v) is 35.0. The van der Waals surface area contributed by atoms with Crippen molar-refractivity contribution in [1.82, 2.24) is 58.9 Å². The fourth-order valence-corrected chi connectivity index (χ4v) is 12.7. The van der Waals surface area contributed by atoms with Gasteiger partial charge in [-0.15, -0.1) is 29.2 Å². The van der Waals surface area contributed by atoms with Crippen LogP contribution in [-0.2, 0) is 32.2 Å². The second-order valence-electron chi connectivity index (χ2n) is 23.9. The molecule has 0 bridgehead atoms. The van der Waals surface area contributed by atoms with Gasteiger partial charge in [0.25, 0.3) is 0 Å². The molecule has 11 aromatic rings. The fraction of sp³-hybridized carbons (Fsp3) is 0.280. The molecule has 7 N–H and O–H groups in total. The third-order valence-electron chi connectivity index (χ3n) is 16.7. The molecular formula is C75H83BN18NaO8S2. The standard InChI is InChI=1S/C26H26N6S.C25H24N6OS.C17H16N6O.C4H6O3.C2H3BO.CH4.Na.2H2O/c1-19-13-24(26-22(14-27)16-29-32(26)17-19)21-5-8-25(28-15-21)31-11-9-30(10-12-31)18-20-3-6-23(33-2)7-4-20;1-33-22-5-2-18(3-6-22)16-29-8-10-30(11-9-29)24-7-4-19(14-27-24)23-12-21(32)17-31-25(23)20(13-26)15-28-31;18-8-13-10-21-23-11-14(24)7-15(17(13)23)12-1-2-16(20-9-12)22-5-3-19-4-6-22;1-3(5)7-4(2)6;1-2(3)4;;;;/h3-8,13,15-17H,9-12,18H2,1-2H3;2-7,12,14-15,17,32H,8-11,16H2,1H3;1-2,7,9-11,19,24H,3-6H2;1-2H3;1H3;1H4;;2*1H2/q;;;;-1;;+1;;. The first kappa shape index (κ1) is 83.7. The zero-order valence-electron chi connectivity index (χ0n) is 58.9. The summed E-state index contributed by atoms with van der Waals surface area (Å²) in [5, 5.41) is 64.2. The van der Waals surface area contributed by atoms with Crippen molar-refractivity contribution in [1.29, 1.82) is 15.8 Å². The molecule has 0 unspecified atom stereocenters. The van der Waals surface area contributed by atoms with Gasteiger partial charge in [0.15, 0.2) is 0 Å². The largest absolute Gasteiger partial charge is 1.00 e. The predicted molar refractivity (Wildman–Crippen MR) is 407 cm³/mol. The molecule has 0 aliphatic carbocycles. The van der Waals surface area contributed by atoms with Crippen molar-refractivity contribution < 1.29 is 69.8 Å². The Hall–Kier alpha value is -10.2. The Labute approximate surface area is 642 Å². The summed E-state index contributed by atoms with van der Waals surface area (Å²) < 4.78 is 8.81. The maximum absolute atomic E-state index is 10.1. The number of anilines is 3. The van der Waals surface area contributed by atoms with Gasteiger partial charge in [-0.2, -0.15) is 31.1 Å². The average molecular weight is 1460 g/mol. The molecule has 26 nitrogen and oxygen atoms in total. The van der Waals surface area contributed by atoms with Gasteiger partial charge in [-0.3, -0.25) is 19.4 Å². The summed E-state index contributed by atoms with van der Waals surface area (Å²) in [7, 11) is 4.47. The van der Waals surface area contributed by atoms with Gasteiger partial charge in [-0.25, -0.2) is 28.5 Å². The summed E-state index contributed by atoms with van der Waals surface area (Å²) in [6.07, 6.45) is 19.3. The molecule has 3 aliphatic rings. The van der Waals surface area contributed by atoms with Crippen molar-refractivity contribution in [2.75, 3.05) is 106 Å². The molecule has 0 spiro atoms. The van der Waals surface area contributed by atoms with Crippen LogP contribution in [0.5, 0.6) is 11.5 Å². The van der Waals surface area contributed by atoms with Crippen molar-refractivity contribution in [3.63, 3.8) is 0 Å². The molecular weight excluding hydrogens is 1380 g/mol. The molecule has 537 valence electrons. The Morgan fingerprint density at radius 3 is 1.12 bits per heavy atom. The SMILES string of the molecule is C.CC(=O)OC(C)=O.CSc1ccc(CN2CCN(c3ccc(-c4cc(C)cn5ncc(C#N)c45)cn3)CC2)cc1.CSc1ccc(CN2CCN(c3ccc(-c4cc(O)cn5ncc(C#N)c45)cn3)CC2)cc1.N#Cc1cnn2cc(O)cc(-c3ccc(N4CCNCC4)nc3)c12.O.O.[B-]C(C)=O.[Na+]. The number of esters is 2. The normalized spacial score (nSPS) is 13.2. The molecule has 30 heteroatoms. The average Bonchev–Trinajstić information content (AvgIpc) is 1.68. The molecule has 0 amide bonds. The maximum atomic E-state index is 10.1. The van der Waals surface area contributed by atoms with Crippen LogP contribution in [0, 0.1) is 40.9 Å². The summed E-state index contributed by atoms with van der Waals surface area (Å²) in [4.78, 5) is 57.3. The molecule has 14 rings (SSSR count). The van der Waals surface area contributed by atoms with E-state index in [0.29, 0.717) is 27.7 Å². The van der Waals surface area contributed by atoms with Crippen molar-refractivity contribution in [2.45, 2.75) is 58.0 Å². The van der Waals surface area contributed by atoms with Crippen LogP contribution in [0.25, 0.3) is 49.9 Å². The number of piperazine rings is 3. The summed E-state index contributed by atoms with van der Waals surface area (Å²) >= 11 is 3.54. The van der Waals surface area contributed by atoms with Crippen molar-refractivity contribution in [3.05, 3.63) is 192 Å². The molecule has 3 aliphatic heterocycles. The number of hydrogen-bond acceptors (Lipinski definition) is 23. The quantitative estimate of drug-likeness (QED) is 0.0562. The van der Waals surface area contributed by atoms with Gasteiger partial charge in [-0.05, 0) is 115 Å². The molecule has 2 aromatic carbocycles. The third-order valence-corrected chi connectivity index (χ3v) is 18.2. The minimum Gasteiger partial charge on any atom is -0.528 e. The number of benzene rings is 2. The predicted octanol–water partition coefficient (Wildman–Crippen LogP) is 5.81. The van der Waals surface area contributed by atoms with E-state index in [1.165, 1.54) is 75.5 Å². The fourth-order valence-electron chi connectivity index (χ4n) is 11.9. The van der Waals surface area contributed by atoms with Gasteiger partial charge in [0.2, 0.25) is 0 Å². The van der Waals surface area contributed by atoms with Crippen LogP contribution in [0.2, 0.25) is 0 Å². The van der Waals surface area contributed by atoms with Crippen LogP contribution in [0.1, 0.15) is 61.6 Å². The number of hydrogen-bond donors (Lipinski definition) is 3. The first-order valence-electron chi connectivity index (χ1n) is 32.5. The van der Waals surface area contributed by atoms with E-state index < -0.39 is 11.9 Å². The number of aryl methyl sites for hydroxylation is 1. The van der Waals surface area contributed by atoms with Crippen LogP contribution in [0.15, 0.2) is 169 Å². The van der Waals surface area contributed by atoms with Crippen LogP contribution in [0.3, 0.4) is 0 Å². The molecule has 3 radical (unpaired) electrons. The number of pyridine rings is 6. The van der Waals surface area contributed by atoms with E-state index in [1.54, 1.807) is 58.8 Å². The monoisotopic (exact) mass is 1460 g/mol. The summed E-state index contributed by atoms with van der Waals surface area (Å²) in [6, 6.07) is 41.8. The number of carbonyl (C=O) groups excluding carboxylic acids is 3. The molecule has 0 saturated carbocycles. The Balaban J connectivity index is 0.000000228. The first-order chi connectivity index (χ1) is 48.9. The third kappa shape index (κ3) is 22.2. The van der Waals surface area contributed by atoms with E-state index in [-0.39, 0.29) is 65.1 Å². The Morgan fingerprint density at radius 1 is 0.505 bits per heavy atom. The van der Waals surface area contributed by atoms with Gasteiger partial charge >= 0.3 is 41.5 Å². The van der Waals surface area contributed by atoms with Crippen LogP contribution < -0.4 is 49.6 Å². The number of ether oxygens (including phenoxy) is 1. The Morgan fingerprint density at radius 2 is 0.829 bits per heavy atom. The zero-order chi connectivity index (χ0) is 71.5. The van der Waals surface area contributed by atoms with E-state index in [2.05, 4.69) is 160 Å². The summed E-state index contributed by atoms with van der Waals surface area (Å²) in [6.45, 7) is 19.2. The van der Waals surface area contributed by atoms with E-state index in [4.69, 9.17) is 9.97 Å². The van der Waals surface area contributed by atoms with Gasteiger partial charge in [0, 0.05) is 173 Å². The van der Waals surface area contributed by atoms with E-state index >= 15 is 0 Å². The van der Waals surface area contributed by atoms with Crippen molar-refractivity contribution in [3.8, 4) is 63.1 Å². The van der Waals surface area contributed by atoms with Crippen LogP contribution >= 0.6 is 23.5 Å². The van der Waals surface area contributed by atoms with E-state index in [0.717, 1.165) is 154 Å². The minimum absolute atomic E-state index is 0. The minimum atomic E-state index is -0.562. The Kier molecular flexibility index (Phi) is 32.0. The maximum Gasteiger partial charge on any atom is 1.00 e. The molecule has 0 atom stereocenters. The van der Waals surface area contributed by atoms with Gasteiger partial charge < -0.3 is 58.6 Å². The van der Waals surface area contributed by atoms with Crippen LogP contribution in [-0.4, -0.2) is 191 Å². The van der Waals surface area contributed by atoms with Gasteiger partial charge in [0.1, 0.15) is 47.2 Å². The number of aromatic nitrogens is 9. The number of nitrogens with one attached hydrogen (secondary N) is 1. The summed E-state index contributed by atoms with van der Waals surface area (Å²) in [5.41, 5.74) is 12.3. The second kappa shape index (κ2) is 40.2. The molecule has 9 aromatic heterocycles. The summed E-state index contributed by atoms with van der Waals surface area (Å²) in [5.74, 6) is 1.93. The number of aromatic hydroxyl groups is 2. The van der Waals surface area contributed by atoms with E-state index in [1.807, 2.05) is 43.6 Å². The number of carbonyl (C=O) groups is 3. The number of thioether (sulfide) groups is 2. The van der Waals surface area contributed by atoms with Crippen molar-refractivity contribution >= 4 is 83.0 Å². The number of rotatable bonds is 12. The second-order valence-corrected chi connectivity index (χ2v) is 25.7. The molecule has 3 saturated heterocycles.